The first-order valence-electron chi connectivity index (χ1n) is 10.8. The summed E-state index contributed by atoms with van der Waals surface area (Å²) >= 11 is 0. The summed E-state index contributed by atoms with van der Waals surface area (Å²) in [6.07, 6.45) is 0. The zero-order valence-electron chi connectivity index (χ0n) is 17.7. The van der Waals surface area contributed by atoms with Crippen LogP contribution in [0.4, 0.5) is 0 Å². The van der Waals surface area contributed by atoms with E-state index in [1.165, 1.54) is 0 Å². The van der Waals surface area contributed by atoms with Crippen LogP contribution >= 0.6 is 0 Å². The van der Waals surface area contributed by atoms with Gasteiger partial charge in [0.25, 0.3) is 0 Å². The minimum Gasteiger partial charge on any atom is -0.492 e. The van der Waals surface area contributed by atoms with Gasteiger partial charge in [-0.25, -0.2) is 0 Å². The zero-order valence-corrected chi connectivity index (χ0v) is 17.7. The molecule has 6 heteroatoms. The van der Waals surface area contributed by atoms with Crippen molar-refractivity contribution in [1.29, 1.82) is 5.26 Å². The summed E-state index contributed by atoms with van der Waals surface area (Å²) in [4.78, 5) is 15.6. The van der Waals surface area contributed by atoms with Gasteiger partial charge in [0.15, 0.2) is 0 Å². The van der Waals surface area contributed by atoms with Crippen molar-refractivity contribution >= 4 is 22.2 Å². The van der Waals surface area contributed by atoms with E-state index in [1.807, 2.05) is 52.9 Å². The van der Waals surface area contributed by atoms with Gasteiger partial charge in [0, 0.05) is 31.3 Å². The molecule has 5 rings (SSSR count). The zero-order chi connectivity index (χ0) is 21.9. The molecule has 6 nitrogen and oxygen atoms in total. The van der Waals surface area contributed by atoms with Crippen LogP contribution in [0.15, 0.2) is 66.7 Å². The van der Waals surface area contributed by atoms with E-state index in [0.29, 0.717) is 28.9 Å². The number of nitrogens with zero attached hydrogens (tertiary/aromatic N) is 3. The third-order valence-electron chi connectivity index (χ3n) is 5.87. The van der Waals surface area contributed by atoms with Crippen molar-refractivity contribution in [3.63, 3.8) is 0 Å². The Bertz CT molecular complexity index is 1320. The maximum absolute atomic E-state index is 13.3. The van der Waals surface area contributed by atoms with Gasteiger partial charge in [0.2, 0.25) is 5.78 Å². The van der Waals surface area contributed by atoms with Gasteiger partial charge in [-0.15, -0.1) is 0 Å². The van der Waals surface area contributed by atoms with Gasteiger partial charge < -0.3 is 13.9 Å². The Morgan fingerprint density at radius 3 is 2.56 bits per heavy atom. The lowest BCUT2D eigenvalue weighted by molar-refractivity contribution is 0.0322. The third-order valence-corrected chi connectivity index (χ3v) is 5.87. The average molecular weight is 425 g/mol. The number of hydrogen-bond donors (Lipinski definition) is 0. The van der Waals surface area contributed by atoms with Crippen LogP contribution in [0.2, 0.25) is 0 Å². The van der Waals surface area contributed by atoms with Crippen molar-refractivity contribution < 1.29 is 14.3 Å². The molecule has 1 aliphatic heterocycles. The molecule has 0 atom stereocenters. The summed E-state index contributed by atoms with van der Waals surface area (Å²) < 4.78 is 13.3. The third kappa shape index (κ3) is 3.84. The summed E-state index contributed by atoms with van der Waals surface area (Å²) in [5, 5.41) is 10.6. The molecule has 3 heterocycles. The second-order valence-electron chi connectivity index (χ2n) is 7.83. The topological polar surface area (TPSA) is 67.0 Å². The second kappa shape index (κ2) is 8.83. The number of hydrogen-bond acceptors (Lipinski definition) is 5. The van der Waals surface area contributed by atoms with Crippen LogP contribution in [0.1, 0.15) is 21.6 Å². The number of ketones is 1. The Kier molecular flexibility index (Phi) is 5.59. The highest BCUT2D eigenvalue weighted by Crippen LogP contribution is 2.28. The van der Waals surface area contributed by atoms with Crippen LogP contribution in [0, 0.1) is 11.3 Å². The van der Waals surface area contributed by atoms with Crippen LogP contribution in [-0.2, 0) is 4.74 Å². The van der Waals surface area contributed by atoms with E-state index in [4.69, 9.17) is 9.47 Å². The predicted molar refractivity (Wildman–Crippen MR) is 122 cm³/mol. The van der Waals surface area contributed by atoms with Gasteiger partial charge in [0.1, 0.15) is 18.4 Å². The molecule has 160 valence electrons. The fourth-order valence-electron chi connectivity index (χ4n) is 4.18. The van der Waals surface area contributed by atoms with Crippen LogP contribution in [-0.4, -0.2) is 54.5 Å². The molecule has 2 aromatic heterocycles. The molecule has 1 saturated heterocycles. The first kappa shape index (κ1) is 20.3. The van der Waals surface area contributed by atoms with Crippen molar-refractivity contribution in [1.82, 2.24) is 9.30 Å². The first-order valence-corrected chi connectivity index (χ1v) is 10.8. The molecule has 1 fully saturated rings. The van der Waals surface area contributed by atoms with E-state index < -0.39 is 0 Å². The summed E-state index contributed by atoms with van der Waals surface area (Å²) in [6, 6.07) is 22.8. The minimum absolute atomic E-state index is 0.117. The Labute approximate surface area is 186 Å². The van der Waals surface area contributed by atoms with Crippen LogP contribution in [0.3, 0.4) is 0 Å². The first-order chi connectivity index (χ1) is 15.7. The van der Waals surface area contributed by atoms with E-state index in [0.717, 1.165) is 49.5 Å². The highest BCUT2D eigenvalue weighted by molar-refractivity contribution is 6.10. The Morgan fingerprint density at radius 2 is 1.78 bits per heavy atom. The molecule has 32 heavy (non-hydrogen) atoms. The lowest BCUT2D eigenvalue weighted by atomic mass is 10.1. The summed E-state index contributed by atoms with van der Waals surface area (Å²) in [7, 11) is 0. The number of pyridine rings is 1. The number of carbonyl (C=O) groups is 1. The quantitative estimate of drug-likeness (QED) is 0.438. The average Bonchev–Trinajstić information content (AvgIpc) is 3.24. The molecular formula is C26H23N3O3. The largest absolute Gasteiger partial charge is 0.492 e. The number of benzene rings is 2. The fourth-order valence-corrected chi connectivity index (χ4v) is 4.18. The number of ether oxygens (including phenoxy) is 2. The number of nitriles is 1. The maximum Gasteiger partial charge on any atom is 0.209 e. The van der Waals surface area contributed by atoms with Crippen molar-refractivity contribution in [2.75, 3.05) is 39.5 Å². The van der Waals surface area contributed by atoms with E-state index in [9.17, 15) is 10.1 Å². The summed E-state index contributed by atoms with van der Waals surface area (Å²) in [6.45, 7) is 4.79. The van der Waals surface area contributed by atoms with Gasteiger partial charge in [-0.05, 0) is 29.7 Å². The molecule has 0 radical (unpaired) electrons. The molecule has 0 bridgehead atoms. The normalized spacial score (nSPS) is 14.5. The van der Waals surface area contributed by atoms with Gasteiger partial charge in [-0.1, -0.05) is 36.4 Å². The molecule has 0 unspecified atom stereocenters. The molecule has 0 spiro atoms. The lowest BCUT2D eigenvalue weighted by Crippen LogP contribution is -2.38. The summed E-state index contributed by atoms with van der Waals surface area (Å²) in [5.74, 6) is 0.622. The van der Waals surface area contributed by atoms with Crippen LogP contribution < -0.4 is 4.74 Å². The lowest BCUT2D eigenvalue weighted by Gasteiger charge is -2.26. The van der Waals surface area contributed by atoms with Crippen LogP contribution in [0.5, 0.6) is 5.75 Å². The molecule has 0 N–H and O–H groups in total. The number of aromatic nitrogens is 1. The number of fused-ring (bicyclic) bond motifs is 3. The molecule has 0 saturated carbocycles. The van der Waals surface area contributed by atoms with E-state index >= 15 is 0 Å². The number of morpholine rings is 1. The Hall–Kier alpha value is -3.66. The van der Waals surface area contributed by atoms with E-state index in [1.54, 1.807) is 18.2 Å². The minimum atomic E-state index is -0.117. The Balaban J connectivity index is 1.52. The number of rotatable bonds is 6. The standard InChI is InChI=1S/C26H23N3O3/c27-18-21-16-25(26(30)20-4-2-1-3-5-20)29-23(21)9-7-19-6-8-22(17-24(19)29)32-15-12-28-10-13-31-14-11-28/h1-9,16-17H,10-15H2. The number of carbonyl (C=O) groups excluding carboxylic acids is 1. The van der Waals surface area contributed by atoms with Gasteiger partial charge in [-0.3, -0.25) is 9.69 Å². The van der Waals surface area contributed by atoms with Crippen molar-refractivity contribution in [3.05, 3.63) is 83.6 Å². The van der Waals surface area contributed by atoms with Crippen molar-refractivity contribution in [2.24, 2.45) is 0 Å². The van der Waals surface area contributed by atoms with Gasteiger partial charge in [0.05, 0.1) is 35.5 Å². The molecule has 4 aromatic rings. The monoisotopic (exact) mass is 425 g/mol. The van der Waals surface area contributed by atoms with E-state index in [2.05, 4.69) is 11.0 Å². The second-order valence-corrected chi connectivity index (χ2v) is 7.83. The fraction of sp³-hybridized carbons (Fsp3) is 0.231. The smallest absolute Gasteiger partial charge is 0.209 e. The van der Waals surface area contributed by atoms with Gasteiger partial charge >= 0.3 is 0 Å². The molecule has 0 aliphatic carbocycles. The maximum atomic E-state index is 13.3. The molecule has 2 aromatic carbocycles. The van der Waals surface area contributed by atoms with Crippen molar-refractivity contribution in [3.8, 4) is 11.8 Å². The highest BCUT2D eigenvalue weighted by Gasteiger charge is 2.19. The predicted octanol–water partition coefficient (Wildman–Crippen LogP) is 3.91. The van der Waals surface area contributed by atoms with Crippen LogP contribution in [0.25, 0.3) is 16.4 Å². The highest BCUT2D eigenvalue weighted by atomic mass is 16.5. The summed E-state index contributed by atoms with van der Waals surface area (Å²) in [5.41, 5.74) is 3.09. The molecule has 0 amide bonds. The Morgan fingerprint density at radius 1 is 1.00 bits per heavy atom. The van der Waals surface area contributed by atoms with Crippen molar-refractivity contribution in [2.45, 2.75) is 0 Å². The van der Waals surface area contributed by atoms with Gasteiger partial charge in [-0.2, -0.15) is 5.26 Å². The molecular weight excluding hydrogens is 402 g/mol. The van der Waals surface area contributed by atoms with E-state index in [-0.39, 0.29) is 5.78 Å². The SMILES string of the molecule is N#Cc1cc(C(=O)c2ccccc2)n2c1ccc1ccc(OCCN3CCOCC3)cc12. The molecule has 1 aliphatic rings.